The molecule has 0 unspecified atom stereocenters. The number of hydrogen-bond donors (Lipinski definition) is 2. The zero-order valence-electron chi connectivity index (χ0n) is 17.1. The number of rotatable bonds is 6. The Balaban J connectivity index is 1.82. The Kier molecular flexibility index (Phi) is 8.71. The molecule has 0 radical (unpaired) electrons. The highest BCUT2D eigenvalue weighted by Gasteiger charge is 2.29. The molecule has 1 aromatic rings. The van der Waals surface area contributed by atoms with Crippen LogP contribution >= 0.6 is 28.1 Å². The van der Waals surface area contributed by atoms with Gasteiger partial charge in [0.15, 0.2) is 5.11 Å². The predicted molar refractivity (Wildman–Crippen MR) is 120 cm³/mol. The molecule has 1 amide bonds. The minimum atomic E-state index is -0.231. The molecule has 1 fully saturated rings. The minimum absolute atomic E-state index is 0.231. The Morgan fingerprint density at radius 2 is 1.89 bits per heavy atom. The highest BCUT2D eigenvalue weighted by molar-refractivity contribution is 9.10. The first-order valence-corrected chi connectivity index (χ1v) is 10.9. The van der Waals surface area contributed by atoms with Crippen LogP contribution in [0.25, 0.3) is 0 Å². The number of methoxy groups -OCH3 is 1. The van der Waals surface area contributed by atoms with Gasteiger partial charge in [0.25, 0.3) is 5.91 Å². The van der Waals surface area contributed by atoms with Crippen LogP contribution in [0.15, 0.2) is 22.7 Å². The van der Waals surface area contributed by atoms with Crippen molar-refractivity contribution in [2.24, 2.45) is 11.3 Å². The van der Waals surface area contributed by atoms with Gasteiger partial charge >= 0.3 is 0 Å². The van der Waals surface area contributed by atoms with Crippen molar-refractivity contribution in [2.75, 3.05) is 20.3 Å². The molecule has 2 rings (SSSR count). The first-order valence-electron chi connectivity index (χ1n) is 9.74. The number of halogens is 1. The van der Waals surface area contributed by atoms with Crippen molar-refractivity contribution in [3.63, 3.8) is 0 Å². The Labute approximate surface area is 182 Å². The van der Waals surface area contributed by atoms with Crippen LogP contribution < -0.4 is 15.4 Å². The highest BCUT2D eigenvalue weighted by Crippen LogP contribution is 2.37. The largest absolute Gasteiger partial charge is 0.490 e. The van der Waals surface area contributed by atoms with Gasteiger partial charge in [-0.3, -0.25) is 10.1 Å². The summed E-state index contributed by atoms with van der Waals surface area (Å²) in [7, 11) is 1.62. The Morgan fingerprint density at radius 1 is 1.21 bits per heavy atom. The van der Waals surface area contributed by atoms with Crippen LogP contribution in [0.1, 0.15) is 56.8 Å². The second-order valence-electron chi connectivity index (χ2n) is 8.33. The zero-order valence-corrected chi connectivity index (χ0v) is 19.5. The third-order valence-corrected chi connectivity index (χ3v) is 6.09. The topological polar surface area (TPSA) is 59.6 Å². The molecule has 156 valence electrons. The Morgan fingerprint density at radius 3 is 2.46 bits per heavy atom. The van der Waals surface area contributed by atoms with Crippen LogP contribution in [-0.2, 0) is 4.74 Å². The molecule has 0 aromatic heterocycles. The summed E-state index contributed by atoms with van der Waals surface area (Å²) < 4.78 is 11.3. The first-order chi connectivity index (χ1) is 13.2. The maximum absolute atomic E-state index is 12.5. The van der Waals surface area contributed by atoms with E-state index in [1.165, 1.54) is 12.8 Å². The van der Waals surface area contributed by atoms with Gasteiger partial charge in [0.2, 0.25) is 0 Å². The monoisotopic (exact) mass is 470 g/mol. The number of hydrogen-bond acceptors (Lipinski definition) is 4. The van der Waals surface area contributed by atoms with Crippen molar-refractivity contribution < 1.29 is 14.3 Å². The fraction of sp³-hybridized carbons (Fsp3) is 0.619. The molecule has 0 spiro atoms. The third kappa shape index (κ3) is 7.01. The van der Waals surface area contributed by atoms with E-state index in [1.54, 1.807) is 25.3 Å². The lowest BCUT2D eigenvalue weighted by atomic mass is 9.71. The molecule has 7 heteroatoms. The molecule has 1 aliphatic carbocycles. The van der Waals surface area contributed by atoms with Crippen molar-refractivity contribution in [1.29, 1.82) is 0 Å². The van der Waals surface area contributed by atoms with E-state index in [0.29, 0.717) is 41.1 Å². The predicted octanol–water partition coefficient (Wildman–Crippen LogP) is 4.68. The van der Waals surface area contributed by atoms with Gasteiger partial charge in [-0.1, -0.05) is 20.8 Å². The lowest BCUT2D eigenvalue weighted by molar-refractivity contribution is 0.0976. The molecule has 1 aromatic carbocycles. The summed E-state index contributed by atoms with van der Waals surface area (Å²) in [5.41, 5.74) is 0.874. The molecule has 0 heterocycles. The van der Waals surface area contributed by atoms with E-state index >= 15 is 0 Å². The number of amides is 1. The first kappa shape index (κ1) is 23.1. The van der Waals surface area contributed by atoms with Gasteiger partial charge in [-0.25, -0.2) is 0 Å². The number of ether oxygens (including phenoxy) is 2. The third-order valence-electron chi connectivity index (χ3n) is 5.25. The zero-order chi connectivity index (χ0) is 20.7. The molecule has 0 aliphatic heterocycles. The van der Waals surface area contributed by atoms with E-state index in [4.69, 9.17) is 21.7 Å². The number of benzene rings is 1. The van der Waals surface area contributed by atoms with Crippen LogP contribution in [0.4, 0.5) is 0 Å². The standard InChI is InChI=1S/C21H31BrN2O3S/c1-21(2,3)15-6-8-16(9-7-15)23-20(28)24-19(25)14-5-10-18(17(22)13-14)27-12-11-26-4/h5,10,13,15-16H,6-9,11-12H2,1-4H3,(H2,23,24,25,28). The van der Waals surface area contributed by atoms with E-state index in [0.717, 1.165) is 23.2 Å². The fourth-order valence-corrected chi connectivity index (χ4v) is 4.25. The van der Waals surface area contributed by atoms with Crippen molar-refractivity contribution in [3.05, 3.63) is 28.2 Å². The van der Waals surface area contributed by atoms with Gasteiger partial charge in [0.1, 0.15) is 12.4 Å². The number of carbonyl (C=O) groups excluding carboxylic acids is 1. The summed E-state index contributed by atoms with van der Waals surface area (Å²) in [5.74, 6) is 1.19. The smallest absolute Gasteiger partial charge is 0.257 e. The normalized spacial score (nSPS) is 19.8. The van der Waals surface area contributed by atoms with E-state index < -0.39 is 0 Å². The SMILES string of the molecule is COCCOc1ccc(C(=O)NC(=S)NC2CCC(C(C)(C)C)CC2)cc1Br. The van der Waals surface area contributed by atoms with Gasteiger partial charge in [-0.05, 0) is 83.4 Å². The van der Waals surface area contributed by atoms with Crippen molar-refractivity contribution >= 4 is 39.2 Å². The summed E-state index contributed by atoms with van der Waals surface area (Å²) >= 11 is 8.79. The molecule has 1 saturated carbocycles. The van der Waals surface area contributed by atoms with E-state index in [9.17, 15) is 4.79 Å². The Hall–Kier alpha value is -1.18. The lowest BCUT2D eigenvalue weighted by Crippen LogP contribution is -2.46. The van der Waals surface area contributed by atoms with Gasteiger partial charge in [0.05, 0.1) is 11.1 Å². The second kappa shape index (κ2) is 10.6. The van der Waals surface area contributed by atoms with Crippen molar-refractivity contribution in [2.45, 2.75) is 52.5 Å². The van der Waals surface area contributed by atoms with Gasteiger partial charge in [-0.2, -0.15) is 0 Å². The summed E-state index contributed by atoms with van der Waals surface area (Å²) in [5, 5.41) is 6.47. The Bertz CT molecular complexity index is 683. The highest BCUT2D eigenvalue weighted by atomic mass is 79.9. The quantitative estimate of drug-likeness (QED) is 0.466. The van der Waals surface area contributed by atoms with E-state index in [-0.39, 0.29) is 5.91 Å². The summed E-state index contributed by atoms with van der Waals surface area (Å²) in [6.45, 7) is 7.88. The molecule has 0 bridgehead atoms. The van der Waals surface area contributed by atoms with E-state index in [2.05, 4.69) is 47.3 Å². The van der Waals surface area contributed by atoms with Crippen LogP contribution in [0.3, 0.4) is 0 Å². The molecular formula is C21H31BrN2O3S. The lowest BCUT2D eigenvalue weighted by Gasteiger charge is -2.37. The molecular weight excluding hydrogens is 440 g/mol. The average molecular weight is 471 g/mol. The summed E-state index contributed by atoms with van der Waals surface area (Å²) in [6, 6.07) is 5.54. The van der Waals surface area contributed by atoms with Gasteiger partial charge in [-0.15, -0.1) is 0 Å². The van der Waals surface area contributed by atoms with Crippen LogP contribution in [0, 0.1) is 11.3 Å². The van der Waals surface area contributed by atoms with Gasteiger partial charge < -0.3 is 14.8 Å². The average Bonchev–Trinajstić information content (AvgIpc) is 2.62. The van der Waals surface area contributed by atoms with Crippen LogP contribution in [0.5, 0.6) is 5.75 Å². The minimum Gasteiger partial charge on any atom is -0.490 e. The maximum Gasteiger partial charge on any atom is 0.257 e. The van der Waals surface area contributed by atoms with Crippen molar-refractivity contribution in [1.82, 2.24) is 10.6 Å². The van der Waals surface area contributed by atoms with E-state index in [1.807, 2.05) is 0 Å². The van der Waals surface area contributed by atoms with Gasteiger partial charge in [0, 0.05) is 18.7 Å². The number of nitrogens with one attached hydrogen (secondary N) is 2. The molecule has 28 heavy (non-hydrogen) atoms. The molecule has 2 N–H and O–H groups in total. The van der Waals surface area contributed by atoms with Crippen LogP contribution in [0.2, 0.25) is 0 Å². The number of thiocarbonyl (C=S) groups is 1. The summed E-state index contributed by atoms with van der Waals surface area (Å²) in [4.78, 5) is 12.5. The molecule has 0 atom stereocenters. The molecule has 5 nitrogen and oxygen atoms in total. The number of carbonyl (C=O) groups is 1. The second-order valence-corrected chi connectivity index (χ2v) is 9.59. The maximum atomic E-state index is 12.5. The molecule has 0 saturated heterocycles. The molecule has 1 aliphatic rings. The van der Waals surface area contributed by atoms with Crippen LogP contribution in [-0.4, -0.2) is 37.4 Å². The summed E-state index contributed by atoms with van der Waals surface area (Å²) in [6.07, 6.45) is 4.54. The van der Waals surface area contributed by atoms with Crippen molar-refractivity contribution in [3.8, 4) is 5.75 Å². The fourth-order valence-electron chi connectivity index (χ4n) is 3.49.